The van der Waals surface area contributed by atoms with Gasteiger partial charge in [-0.3, -0.25) is 9.59 Å². The molecule has 2 amide bonds. The number of hydrogen-bond acceptors (Lipinski definition) is 5. The first-order chi connectivity index (χ1) is 17.1. The maximum atomic E-state index is 14.3. The SMILES string of the molecule is COc1ccc(NC(=O)c2c(NC(=O)c3ccccc3F)sc3c2CC[C@@H](C(C)(C)C)C3)c(OC)c1. The monoisotopic (exact) mass is 510 g/mol. The van der Waals surface area contributed by atoms with Gasteiger partial charge in [0.2, 0.25) is 0 Å². The average Bonchev–Trinajstić information content (AvgIpc) is 3.21. The summed E-state index contributed by atoms with van der Waals surface area (Å²) in [5.41, 5.74) is 1.90. The molecule has 0 bridgehead atoms. The van der Waals surface area contributed by atoms with Crippen molar-refractivity contribution in [3.63, 3.8) is 0 Å². The molecule has 0 saturated heterocycles. The second kappa shape index (κ2) is 10.3. The molecule has 2 N–H and O–H groups in total. The molecule has 3 aromatic rings. The van der Waals surface area contributed by atoms with Crippen LogP contribution >= 0.6 is 11.3 Å². The van der Waals surface area contributed by atoms with Crippen molar-refractivity contribution in [2.24, 2.45) is 11.3 Å². The summed E-state index contributed by atoms with van der Waals surface area (Å²) >= 11 is 1.40. The van der Waals surface area contributed by atoms with Gasteiger partial charge in [-0.15, -0.1) is 11.3 Å². The Bertz CT molecular complexity index is 1300. The van der Waals surface area contributed by atoms with Gasteiger partial charge in [0.05, 0.1) is 31.0 Å². The van der Waals surface area contributed by atoms with E-state index in [1.54, 1.807) is 31.4 Å². The highest BCUT2D eigenvalue weighted by molar-refractivity contribution is 7.17. The minimum atomic E-state index is -0.613. The summed E-state index contributed by atoms with van der Waals surface area (Å²) in [6.07, 6.45) is 2.50. The number of hydrogen-bond donors (Lipinski definition) is 2. The van der Waals surface area contributed by atoms with Gasteiger partial charge < -0.3 is 20.1 Å². The van der Waals surface area contributed by atoms with Gasteiger partial charge in [-0.2, -0.15) is 0 Å². The normalized spacial score (nSPS) is 15.1. The van der Waals surface area contributed by atoms with Gasteiger partial charge in [-0.25, -0.2) is 4.39 Å². The van der Waals surface area contributed by atoms with E-state index in [9.17, 15) is 14.0 Å². The molecule has 6 nitrogen and oxygen atoms in total. The molecule has 0 unspecified atom stereocenters. The lowest BCUT2D eigenvalue weighted by Crippen LogP contribution is -2.27. The molecule has 2 aromatic carbocycles. The number of ether oxygens (including phenoxy) is 2. The summed E-state index contributed by atoms with van der Waals surface area (Å²) in [6.45, 7) is 6.67. The molecule has 0 aliphatic heterocycles. The molecule has 1 aliphatic carbocycles. The number of carbonyl (C=O) groups is 2. The van der Waals surface area contributed by atoms with Crippen molar-refractivity contribution < 1.29 is 23.5 Å². The second-order valence-electron chi connectivity index (χ2n) is 9.97. The number of nitrogens with one attached hydrogen (secondary N) is 2. The Hall–Kier alpha value is -3.39. The Morgan fingerprint density at radius 3 is 2.44 bits per heavy atom. The van der Waals surface area contributed by atoms with Crippen LogP contribution in [0.1, 0.15) is 58.3 Å². The molecular formula is C28H31FN2O4S. The number of fused-ring (bicyclic) bond motifs is 1. The van der Waals surface area contributed by atoms with Crippen molar-refractivity contribution in [1.82, 2.24) is 0 Å². The zero-order chi connectivity index (χ0) is 26.0. The number of rotatable bonds is 6. The van der Waals surface area contributed by atoms with Crippen LogP contribution in [0.4, 0.5) is 15.1 Å². The van der Waals surface area contributed by atoms with E-state index in [1.807, 2.05) is 0 Å². The maximum Gasteiger partial charge on any atom is 0.259 e. The predicted octanol–water partition coefficient (Wildman–Crippen LogP) is 6.56. The first-order valence-electron chi connectivity index (χ1n) is 11.9. The van der Waals surface area contributed by atoms with Crippen molar-refractivity contribution in [2.45, 2.75) is 40.0 Å². The van der Waals surface area contributed by atoms with E-state index < -0.39 is 11.7 Å². The zero-order valence-corrected chi connectivity index (χ0v) is 22.0. The molecule has 8 heteroatoms. The van der Waals surface area contributed by atoms with Crippen LogP contribution in [0.2, 0.25) is 0 Å². The second-order valence-corrected chi connectivity index (χ2v) is 11.1. The summed E-state index contributed by atoms with van der Waals surface area (Å²) in [5.74, 6) is -0.0426. The molecule has 0 radical (unpaired) electrons. The number of thiophene rings is 1. The number of carbonyl (C=O) groups excluding carboxylic acids is 2. The van der Waals surface area contributed by atoms with Crippen LogP contribution in [0.3, 0.4) is 0 Å². The Labute approximate surface area is 214 Å². The minimum absolute atomic E-state index is 0.0698. The third-order valence-corrected chi connectivity index (χ3v) is 7.89. The highest BCUT2D eigenvalue weighted by atomic mass is 32.1. The Morgan fingerprint density at radius 1 is 1.03 bits per heavy atom. The Kier molecular flexibility index (Phi) is 7.36. The van der Waals surface area contributed by atoms with Crippen LogP contribution in [0, 0.1) is 17.2 Å². The Balaban J connectivity index is 1.71. The molecule has 36 heavy (non-hydrogen) atoms. The summed E-state index contributed by atoms with van der Waals surface area (Å²) in [6, 6.07) is 10.9. The molecule has 1 heterocycles. The molecule has 1 atom stereocenters. The van der Waals surface area contributed by atoms with Crippen LogP contribution in [0.5, 0.6) is 11.5 Å². The maximum absolute atomic E-state index is 14.3. The Morgan fingerprint density at radius 2 is 1.78 bits per heavy atom. The first-order valence-corrected chi connectivity index (χ1v) is 12.7. The van der Waals surface area contributed by atoms with Crippen LogP contribution < -0.4 is 20.1 Å². The largest absolute Gasteiger partial charge is 0.497 e. The van der Waals surface area contributed by atoms with Gasteiger partial charge in [0.15, 0.2) is 0 Å². The number of amides is 2. The van der Waals surface area contributed by atoms with Gasteiger partial charge >= 0.3 is 0 Å². The summed E-state index contributed by atoms with van der Waals surface area (Å²) < 4.78 is 25.0. The molecule has 0 spiro atoms. The standard InChI is InChI=1S/C28H31FN2O4S/c1-28(2,3)16-10-12-19-23(14-16)36-27(31-25(32)18-8-6-7-9-20(18)29)24(19)26(33)30-21-13-11-17(34-4)15-22(21)35-5/h6-9,11,13,15-16H,10,12,14H2,1-5H3,(H,30,33)(H,31,32)/t16-/m1/s1. The molecule has 4 rings (SSSR count). The topological polar surface area (TPSA) is 76.7 Å². The van der Waals surface area contributed by atoms with Gasteiger partial charge in [-0.05, 0) is 60.4 Å². The number of anilines is 2. The highest BCUT2D eigenvalue weighted by Crippen LogP contribution is 2.45. The number of benzene rings is 2. The lowest BCUT2D eigenvalue weighted by Gasteiger charge is -2.33. The molecule has 1 aliphatic rings. The van der Waals surface area contributed by atoms with Crippen molar-refractivity contribution in [1.29, 1.82) is 0 Å². The molecule has 1 aromatic heterocycles. The third-order valence-electron chi connectivity index (χ3n) is 6.72. The van der Waals surface area contributed by atoms with Gasteiger partial charge in [0, 0.05) is 10.9 Å². The van der Waals surface area contributed by atoms with Crippen LogP contribution in [0.25, 0.3) is 0 Å². The van der Waals surface area contributed by atoms with Crippen molar-refractivity contribution in [2.75, 3.05) is 24.9 Å². The van der Waals surface area contributed by atoms with Gasteiger partial charge in [-0.1, -0.05) is 32.9 Å². The number of methoxy groups -OCH3 is 2. The van der Waals surface area contributed by atoms with Crippen LogP contribution in [-0.4, -0.2) is 26.0 Å². The fraction of sp³-hybridized carbons (Fsp3) is 0.357. The minimum Gasteiger partial charge on any atom is -0.497 e. The van der Waals surface area contributed by atoms with Crippen molar-refractivity contribution >= 4 is 33.8 Å². The zero-order valence-electron chi connectivity index (χ0n) is 21.2. The lowest BCUT2D eigenvalue weighted by molar-refractivity contribution is 0.102. The molecule has 190 valence electrons. The third kappa shape index (κ3) is 5.23. The van der Waals surface area contributed by atoms with E-state index in [1.165, 1.54) is 36.6 Å². The quantitative estimate of drug-likeness (QED) is 0.394. The van der Waals surface area contributed by atoms with Gasteiger partial charge in [0.25, 0.3) is 11.8 Å². The summed E-state index contributed by atoms with van der Waals surface area (Å²) in [4.78, 5) is 27.7. The average molecular weight is 511 g/mol. The summed E-state index contributed by atoms with van der Waals surface area (Å²) in [7, 11) is 3.07. The lowest BCUT2D eigenvalue weighted by atomic mass is 9.72. The van der Waals surface area contributed by atoms with E-state index in [0.29, 0.717) is 33.7 Å². The molecular weight excluding hydrogens is 479 g/mol. The summed E-state index contributed by atoms with van der Waals surface area (Å²) in [5, 5.41) is 6.18. The van der Waals surface area contributed by atoms with Crippen molar-refractivity contribution in [3.05, 3.63) is 69.8 Å². The van der Waals surface area contributed by atoms with E-state index >= 15 is 0 Å². The van der Waals surface area contributed by atoms with Crippen LogP contribution in [-0.2, 0) is 12.8 Å². The van der Waals surface area contributed by atoms with E-state index in [0.717, 1.165) is 29.7 Å². The smallest absolute Gasteiger partial charge is 0.259 e. The fourth-order valence-electron chi connectivity index (χ4n) is 4.56. The number of halogens is 1. The predicted molar refractivity (Wildman–Crippen MR) is 141 cm³/mol. The first kappa shape index (κ1) is 25.7. The van der Waals surface area contributed by atoms with E-state index in [2.05, 4.69) is 31.4 Å². The molecule has 0 fully saturated rings. The van der Waals surface area contributed by atoms with Crippen LogP contribution in [0.15, 0.2) is 42.5 Å². The fourth-order valence-corrected chi connectivity index (χ4v) is 5.88. The van der Waals surface area contributed by atoms with E-state index in [4.69, 9.17) is 9.47 Å². The van der Waals surface area contributed by atoms with Crippen molar-refractivity contribution in [3.8, 4) is 11.5 Å². The van der Waals surface area contributed by atoms with Gasteiger partial charge in [0.1, 0.15) is 22.3 Å². The van der Waals surface area contributed by atoms with E-state index in [-0.39, 0.29) is 16.9 Å². The molecule has 0 saturated carbocycles. The highest BCUT2D eigenvalue weighted by Gasteiger charge is 2.34.